The van der Waals surface area contributed by atoms with Gasteiger partial charge in [0.1, 0.15) is 0 Å². The molecule has 0 atom stereocenters. The number of para-hydroxylation sites is 1. The Kier molecular flexibility index (Phi) is 6.02. The van der Waals surface area contributed by atoms with Gasteiger partial charge in [-0.25, -0.2) is 9.37 Å². The van der Waals surface area contributed by atoms with E-state index < -0.39 is 5.82 Å². The number of thioether (sulfide) groups is 1. The number of rotatable bonds is 6. The second kappa shape index (κ2) is 9.21. The number of nitriles is 1. The third-order valence-corrected chi connectivity index (χ3v) is 5.15. The molecule has 0 aliphatic rings. The van der Waals surface area contributed by atoms with Crippen LogP contribution in [0, 0.1) is 17.1 Å². The first kappa shape index (κ1) is 19.6. The van der Waals surface area contributed by atoms with E-state index in [1.54, 1.807) is 30.3 Å². The summed E-state index contributed by atoms with van der Waals surface area (Å²) >= 11 is 1.43. The van der Waals surface area contributed by atoms with E-state index in [2.05, 4.69) is 16.0 Å². The Hall–Kier alpha value is -3.69. The van der Waals surface area contributed by atoms with Crippen molar-refractivity contribution < 1.29 is 9.13 Å². The van der Waals surface area contributed by atoms with Crippen molar-refractivity contribution in [2.75, 3.05) is 0 Å². The Labute approximate surface area is 178 Å². The van der Waals surface area contributed by atoms with Crippen LogP contribution >= 0.6 is 11.8 Å². The van der Waals surface area contributed by atoms with E-state index in [-0.39, 0.29) is 11.6 Å². The molecule has 0 fully saturated rings. The Balaban J connectivity index is 1.65. The highest BCUT2D eigenvalue weighted by molar-refractivity contribution is 7.98. The van der Waals surface area contributed by atoms with Crippen molar-refractivity contribution in [2.45, 2.75) is 10.9 Å². The van der Waals surface area contributed by atoms with Crippen LogP contribution in [0.2, 0.25) is 0 Å². The summed E-state index contributed by atoms with van der Waals surface area (Å²) in [5.74, 6) is 0.502. The molecule has 0 unspecified atom stereocenters. The third kappa shape index (κ3) is 4.83. The number of ether oxygens (including phenoxy) is 1. The molecule has 146 valence electrons. The van der Waals surface area contributed by atoms with Crippen LogP contribution in [0.3, 0.4) is 0 Å². The first-order valence-corrected chi connectivity index (χ1v) is 10.2. The zero-order valence-electron chi connectivity index (χ0n) is 15.8. The molecule has 4 nitrogen and oxygen atoms in total. The first-order valence-electron chi connectivity index (χ1n) is 9.20. The van der Waals surface area contributed by atoms with Gasteiger partial charge in [-0.05, 0) is 29.8 Å². The number of halogens is 1. The summed E-state index contributed by atoms with van der Waals surface area (Å²) in [6.07, 6.45) is 0. The van der Waals surface area contributed by atoms with Crippen LogP contribution in [0.4, 0.5) is 4.39 Å². The highest BCUT2D eigenvalue weighted by Gasteiger charge is 2.11. The standard InChI is InChI=1S/C24H16FN3OS/c25-20-11-4-5-12-22(20)29-23-14-21(19-9-2-1-3-10-19)27-24(28-23)30-16-18-8-6-7-17(13-18)15-26/h1-14H,16H2. The predicted molar refractivity (Wildman–Crippen MR) is 115 cm³/mol. The molecule has 3 aromatic carbocycles. The Morgan fingerprint density at radius 3 is 2.50 bits per heavy atom. The molecule has 1 heterocycles. The monoisotopic (exact) mass is 413 g/mol. The number of hydrogen-bond acceptors (Lipinski definition) is 5. The first-order chi connectivity index (χ1) is 14.7. The lowest BCUT2D eigenvalue weighted by molar-refractivity contribution is 0.422. The number of hydrogen-bond donors (Lipinski definition) is 0. The summed E-state index contributed by atoms with van der Waals surface area (Å²) in [7, 11) is 0. The molecule has 0 bridgehead atoms. The lowest BCUT2D eigenvalue weighted by Crippen LogP contribution is -1.97. The Bertz CT molecular complexity index is 1210. The summed E-state index contributed by atoms with van der Waals surface area (Å²) in [6, 6.07) is 27.1. The zero-order valence-corrected chi connectivity index (χ0v) is 16.6. The van der Waals surface area contributed by atoms with Crippen LogP contribution in [0.5, 0.6) is 11.6 Å². The summed E-state index contributed by atoms with van der Waals surface area (Å²) < 4.78 is 19.8. The van der Waals surface area contributed by atoms with Crippen LogP contribution in [0.1, 0.15) is 11.1 Å². The lowest BCUT2D eigenvalue weighted by Gasteiger charge is -2.10. The molecule has 0 radical (unpaired) electrons. The topological polar surface area (TPSA) is 58.8 Å². The minimum atomic E-state index is -0.458. The van der Waals surface area contributed by atoms with Gasteiger partial charge in [-0.3, -0.25) is 0 Å². The van der Waals surface area contributed by atoms with Crippen LogP contribution in [0.15, 0.2) is 90.1 Å². The van der Waals surface area contributed by atoms with Crippen LogP contribution in [-0.4, -0.2) is 9.97 Å². The fourth-order valence-corrected chi connectivity index (χ4v) is 3.59. The van der Waals surface area contributed by atoms with Crippen molar-refractivity contribution in [1.82, 2.24) is 9.97 Å². The quantitative estimate of drug-likeness (QED) is 0.277. The largest absolute Gasteiger partial charge is 0.436 e. The van der Waals surface area contributed by atoms with Crippen molar-refractivity contribution in [3.63, 3.8) is 0 Å². The second-order valence-corrected chi connectivity index (χ2v) is 7.32. The smallest absolute Gasteiger partial charge is 0.224 e. The Morgan fingerprint density at radius 1 is 0.900 bits per heavy atom. The third-order valence-electron chi connectivity index (χ3n) is 4.23. The fourth-order valence-electron chi connectivity index (χ4n) is 2.80. The Morgan fingerprint density at radius 2 is 1.70 bits per heavy atom. The molecule has 0 aliphatic heterocycles. The van der Waals surface area contributed by atoms with Crippen LogP contribution in [0.25, 0.3) is 11.3 Å². The molecule has 4 aromatic rings. The molecule has 0 saturated carbocycles. The van der Waals surface area contributed by atoms with Crippen LogP contribution < -0.4 is 4.74 Å². The van der Waals surface area contributed by atoms with Gasteiger partial charge in [0.15, 0.2) is 16.7 Å². The minimum Gasteiger partial charge on any atom is -0.436 e. The van der Waals surface area contributed by atoms with Crippen molar-refractivity contribution >= 4 is 11.8 Å². The van der Waals surface area contributed by atoms with Gasteiger partial charge < -0.3 is 4.74 Å². The van der Waals surface area contributed by atoms with Crippen LogP contribution in [-0.2, 0) is 5.75 Å². The normalized spacial score (nSPS) is 10.4. The molecule has 6 heteroatoms. The number of benzene rings is 3. The van der Waals surface area contributed by atoms with Gasteiger partial charge in [-0.2, -0.15) is 10.2 Å². The van der Waals surface area contributed by atoms with Crippen molar-refractivity contribution in [1.29, 1.82) is 5.26 Å². The maximum atomic E-state index is 14.0. The highest BCUT2D eigenvalue weighted by atomic mass is 32.2. The van der Waals surface area contributed by atoms with Gasteiger partial charge >= 0.3 is 0 Å². The van der Waals surface area contributed by atoms with Gasteiger partial charge in [0, 0.05) is 17.4 Å². The molecule has 0 saturated heterocycles. The van der Waals surface area contributed by atoms with Gasteiger partial charge in [-0.1, -0.05) is 66.4 Å². The van der Waals surface area contributed by atoms with Crippen molar-refractivity contribution in [3.8, 4) is 29.0 Å². The summed E-state index contributed by atoms with van der Waals surface area (Å²) in [5, 5.41) is 9.58. The molecule has 4 rings (SSSR count). The SMILES string of the molecule is N#Cc1cccc(CSc2nc(Oc3ccccc3F)cc(-c3ccccc3)n2)c1. The van der Waals surface area contributed by atoms with E-state index in [0.29, 0.717) is 22.2 Å². The van der Waals surface area contributed by atoms with Gasteiger partial charge in [0.2, 0.25) is 5.88 Å². The molecule has 0 amide bonds. The zero-order chi connectivity index (χ0) is 20.8. The van der Waals surface area contributed by atoms with E-state index >= 15 is 0 Å². The van der Waals surface area contributed by atoms with Gasteiger partial charge in [0.25, 0.3) is 0 Å². The highest BCUT2D eigenvalue weighted by Crippen LogP contribution is 2.30. The molecule has 0 aliphatic carbocycles. The molecule has 0 N–H and O–H groups in total. The maximum absolute atomic E-state index is 14.0. The van der Waals surface area contributed by atoms with E-state index in [4.69, 9.17) is 10.00 Å². The van der Waals surface area contributed by atoms with Crippen molar-refractivity contribution in [2.24, 2.45) is 0 Å². The predicted octanol–water partition coefficient (Wildman–Crippen LogP) is 6.24. The average Bonchev–Trinajstić information content (AvgIpc) is 2.80. The van der Waals surface area contributed by atoms with E-state index in [9.17, 15) is 4.39 Å². The molecule has 0 spiro atoms. The summed E-state index contributed by atoms with van der Waals surface area (Å²) in [4.78, 5) is 9.09. The summed E-state index contributed by atoms with van der Waals surface area (Å²) in [5.41, 5.74) is 3.19. The van der Waals surface area contributed by atoms with E-state index in [1.807, 2.05) is 48.5 Å². The lowest BCUT2D eigenvalue weighted by atomic mass is 10.1. The van der Waals surface area contributed by atoms with Gasteiger partial charge in [-0.15, -0.1) is 0 Å². The molecular formula is C24H16FN3OS. The molecule has 30 heavy (non-hydrogen) atoms. The van der Waals surface area contributed by atoms with E-state index in [0.717, 1.165) is 11.1 Å². The summed E-state index contributed by atoms with van der Waals surface area (Å²) in [6.45, 7) is 0. The average molecular weight is 413 g/mol. The molecule has 1 aromatic heterocycles. The minimum absolute atomic E-state index is 0.105. The number of nitrogens with zero attached hydrogens (tertiary/aromatic N) is 3. The molecular weight excluding hydrogens is 397 g/mol. The fraction of sp³-hybridized carbons (Fsp3) is 0.0417. The second-order valence-electron chi connectivity index (χ2n) is 6.37. The van der Waals surface area contributed by atoms with E-state index in [1.165, 1.54) is 17.8 Å². The van der Waals surface area contributed by atoms with Crippen molar-refractivity contribution in [3.05, 3.63) is 102 Å². The maximum Gasteiger partial charge on any atom is 0.224 e. The number of aromatic nitrogens is 2. The van der Waals surface area contributed by atoms with Gasteiger partial charge in [0.05, 0.1) is 17.3 Å².